The fourth-order valence-corrected chi connectivity index (χ4v) is 1.93. The molecule has 1 amide bonds. The molecule has 4 nitrogen and oxygen atoms in total. The first-order valence-corrected chi connectivity index (χ1v) is 6.63. The van der Waals surface area contributed by atoms with Crippen molar-refractivity contribution in [1.29, 1.82) is 0 Å². The monoisotopic (exact) mass is 293 g/mol. The van der Waals surface area contributed by atoms with Gasteiger partial charge >= 0.3 is 0 Å². The van der Waals surface area contributed by atoms with Crippen molar-refractivity contribution in [2.45, 2.75) is 13.0 Å². The molecule has 1 aromatic heterocycles. The number of nitrogens with zero attached hydrogens (tertiary/aromatic N) is 1. The molecule has 106 valence electrons. The van der Waals surface area contributed by atoms with Crippen LogP contribution in [0.5, 0.6) is 5.75 Å². The Labute approximate surface area is 122 Å². The SMILES string of the molecule is CC(c1ccco1)N(C)C(=O)COc1ccccc1Cl. The molecule has 0 spiro atoms. The van der Waals surface area contributed by atoms with Gasteiger partial charge in [0.05, 0.1) is 17.3 Å². The minimum Gasteiger partial charge on any atom is -0.482 e. The number of carbonyl (C=O) groups is 1. The van der Waals surface area contributed by atoms with Gasteiger partial charge in [-0.2, -0.15) is 0 Å². The van der Waals surface area contributed by atoms with E-state index in [0.29, 0.717) is 10.8 Å². The number of furan rings is 1. The summed E-state index contributed by atoms with van der Waals surface area (Å²) in [5, 5.41) is 0.488. The van der Waals surface area contributed by atoms with Crippen molar-refractivity contribution < 1.29 is 13.9 Å². The van der Waals surface area contributed by atoms with Crippen molar-refractivity contribution in [2.75, 3.05) is 13.7 Å². The highest BCUT2D eigenvalue weighted by molar-refractivity contribution is 6.32. The third-order valence-electron chi connectivity index (χ3n) is 3.12. The number of hydrogen-bond acceptors (Lipinski definition) is 3. The molecule has 1 atom stereocenters. The molecule has 0 N–H and O–H groups in total. The molecule has 0 bridgehead atoms. The average Bonchev–Trinajstić information content (AvgIpc) is 2.98. The Morgan fingerprint density at radius 2 is 2.10 bits per heavy atom. The van der Waals surface area contributed by atoms with Crippen LogP contribution in [0, 0.1) is 0 Å². The van der Waals surface area contributed by atoms with Gasteiger partial charge in [-0.15, -0.1) is 0 Å². The maximum absolute atomic E-state index is 12.1. The number of rotatable bonds is 5. The van der Waals surface area contributed by atoms with Crippen molar-refractivity contribution in [3.05, 3.63) is 53.4 Å². The van der Waals surface area contributed by atoms with Crippen LogP contribution in [-0.2, 0) is 4.79 Å². The highest BCUT2D eigenvalue weighted by atomic mass is 35.5. The lowest BCUT2D eigenvalue weighted by atomic mass is 10.2. The maximum Gasteiger partial charge on any atom is 0.260 e. The number of benzene rings is 1. The zero-order valence-electron chi connectivity index (χ0n) is 11.4. The quantitative estimate of drug-likeness (QED) is 0.847. The van der Waals surface area contributed by atoms with Crippen LogP contribution in [0.4, 0.5) is 0 Å². The Hall–Kier alpha value is -1.94. The van der Waals surface area contributed by atoms with Crippen LogP contribution in [-0.4, -0.2) is 24.5 Å². The molecule has 1 heterocycles. The molecule has 20 heavy (non-hydrogen) atoms. The second-order valence-corrected chi connectivity index (χ2v) is 4.82. The lowest BCUT2D eigenvalue weighted by Gasteiger charge is -2.23. The highest BCUT2D eigenvalue weighted by Gasteiger charge is 2.19. The number of amides is 1. The summed E-state index contributed by atoms with van der Waals surface area (Å²) in [6.07, 6.45) is 1.59. The molecule has 1 unspecified atom stereocenters. The topological polar surface area (TPSA) is 42.7 Å². The second-order valence-electron chi connectivity index (χ2n) is 4.42. The van der Waals surface area contributed by atoms with Crippen LogP contribution < -0.4 is 4.74 Å². The van der Waals surface area contributed by atoms with Crippen LogP contribution in [0.25, 0.3) is 0 Å². The van der Waals surface area contributed by atoms with Gasteiger partial charge in [0, 0.05) is 7.05 Å². The van der Waals surface area contributed by atoms with Gasteiger partial charge in [-0.05, 0) is 31.2 Å². The number of halogens is 1. The molecule has 2 rings (SSSR count). The molecule has 0 saturated heterocycles. The summed E-state index contributed by atoms with van der Waals surface area (Å²) in [6.45, 7) is 1.83. The van der Waals surface area contributed by atoms with Crippen molar-refractivity contribution >= 4 is 17.5 Å². The summed E-state index contributed by atoms with van der Waals surface area (Å²) in [4.78, 5) is 13.7. The van der Waals surface area contributed by atoms with E-state index in [1.54, 1.807) is 42.5 Å². The molecule has 5 heteroatoms. The van der Waals surface area contributed by atoms with E-state index in [1.165, 1.54) is 0 Å². The average molecular weight is 294 g/mol. The van der Waals surface area contributed by atoms with Crippen molar-refractivity contribution in [3.63, 3.8) is 0 Å². The maximum atomic E-state index is 12.1. The summed E-state index contributed by atoms with van der Waals surface area (Å²) in [5.74, 6) is 1.09. The van der Waals surface area contributed by atoms with Gasteiger partial charge in [0.25, 0.3) is 5.91 Å². The summed E-state index contributed by atoms with van der Waals surface area (Å²) in [5.41, 5.74) is 0. The molecular formula is C15H16ClNO3. The molecule has 2 aromatic rings. The van der Waals surface area contributed by atoms with Gasteiger partial charge in [-0.25, -0.2) is 0 Å². The number of ether oxygens (including phenoxy) is 1. The predicted octanol–water partition coefficient (Wildman–Crippen LogP) is 3.53. The van der Waals surface area contributed by atoms with Gasteiger partial charge < -0.3 is 14.1 Å². The Morgan fingerprint density at radius 3 is 2.75 bits per heavy atom. The van der Waals surface area contributed by atoms with Crippen LogP contribution >= 0.6 is 11.6 Å². The normalized spacial score (nSPS) is 11.9. The third kappa shape index (κ3) is 3.33. The Kier molecular flexibility index (Phi) is 4.69. The highest BCUT2D eigenvalue weighted by Crippen LogP contribution is 2.24. The first-order chi connectivity index (χ1) is 9.59. The number of likely N-dealkylation sites (N-methyl/N-ethyl adjacent to an activating group) is 1. The zero-order valence-corrected chi connectivity index (χ0v) is 12.1. The first kappa shape index (κ1) is 14.5. The molecule has 0 radical (unpaired) electrons. The third-order valence-corrected chi connectivity index (χ3v) is 3.43. The second kappa shape index (κ2) is 6.48. The Morgan fingerprint density at radius 1 is 1.35 bits per heavy atom. The Balaban J connectivity index is 1.93. The van der Waals surface area contributed by atoms with Gasteiger partial charge in [-0.3, -0.25) is 4.79 Å². The number of para-hydroxylation sites is 1. The van der Waals surface area contributed by atoms with E-state index in [2.05, 4.69) is 0 Å². The van der Waals surface area contributed by atoms with E-state index in [4.69, 9.17) is 20.8 Å². The smallest absolute Gasteiger partial charge is 0.260 e. The van der Waals surface area contributed by atoms with Crippen molar-refractivity contribution in [3.8, 4) is 5.75 Å². The first-order valence-electron chi connectivity index (χ1n) is 6.26. The molecule has 0 aliphatic rings. The summed E-state index contributed by atoms with van der Waals surface area (Å²) in [7, 11) is 1.71. The van der Waals surface area contributed by atoms with Crippen molar-refractivity contribution in [1.82, 2.24) is 4.90 Å². The lowest BCUT2D eigenvalue weighted by Crippen LogP contribution is -2.33. The van der Waals surface area contributed by atoms with Crippen LogP contribution in [0.3, 0.4) is 0 Å². The van der Waals surface area contributed by atoms with Crippen LogP contribution in [0.2, 0.25) is 5.02 Å². The molecular weight excluding hydrogens is 278 g/mol. The van der Waals surface area contributed by atoms with E-state index in [-0.39, 0.29) is 18.6 Å². The van der Waals surface area contributed by atoms with Gasteiger partial charge in [0.2, 0.25) is 0 Å². The lowest BCUT2D eigenvalue weighted by molar-refractivity contribution is -0.134. The Bertz CT molecular complexity index is 568. The largest absolute Gasteiger partial charge is 0.482 e. The zero-order chi connectivity index (χ0) is 14.5. The predicted molar refractivity (Wildman–Crippen MR) is 76.8 cm³/mol. The van der Waals surface area contributed by atoms with E-state index < -0.39 is 0 Å². The number of carbonyl (C=O) groups excluding carboxylic acids is 1. The minimum absolute atomic E-state index is 0.0642. The van der Waals surface area contributed by atoms with Crippen LogP contribution in [0.15, 0.2) is 47.1 Å². The molecule has 1 aromatic carbocycles. The van der Waals surface area contributed by atoms with Crippen LogP contribution in [0.1, 0.15) is 18.7 Å². The molecule has 0 aliphatic heterocycles. The van der Waals surface area contributed by atoms with E-state index in [9.17, 15) is 4.79 Å². The van der Waals surface area contributed by atoms with Gasteiger partial charge in [0.1, 0.15) is 11.5 Å². The van der Waals surface area contributed by atoms with Gasteiger partial charge in [0.15, 0.2) is 6.61 Å². The summed E-state index contributed by atoms with van der Waals surface area (Å²) in [6, 6.07) is 10.5. The molecule has 0 saturated carbocycles. The summed E-state index contributed by atoms with van der Waals surface area (Å²) >= 11 is 5.97. The number of hydrogen-bond donors (Lipinski definition) is 0. The summed E-state index contributed by atoms with van der Waals surface area (Å²) < 4.78 is 10.7. The molecule has 0 aliphatic carbocycles. The standard InChI is InChI=1S/C15H16ClNO3/c1-11(13-8-5-9-19-13)17(2)15(18)10-20-14-7-4-3-6-12(14)16/h3-9,11H,10H2,1-2H3. The van der Waals surface area contributed by atoms with Gasteiger partial charge in [-0.1, -0.05) is 23.7 Å². The van der Waals surface area contributed by atoms with E-state index in [1.807, 2.05) is 19.1 Å². The van der Waals surface area contributed by atoms with Crippen molar-refractivity contribution in [2.24, 2.45) is 0 Å². The fourth-order valence-electron chi connectivity index (χ4n) is 1.74. The molecule has 0 fully saturated rings. The fraction of sp³-hybridized carbons (Fsp3) is 0.267. The minimum atomic E-state index is -0.146. The van der Waals surface area contributed by atoms with E-state index in [0.717, 1.165) is 5.76 Å². The van der Waals surface area contributed by atoms with E-state index >= 15 is 0 Å².